The van der Waals surface area contributed by atoms with E-state index in [-0.39, 0.29) is 0 Å². The molecule has 0 amide bonds. The maximum Gasteiger partial charge on any atom is 0.165 e. The number of fused-ring (bicyclic) bond motifs is 9. The molecule has 0 aliphatic rings. The minimum Gasteiger partial charge on any atom is -0.456 e. The van der Waals surface area contributed by atoms with Crippen molar-refractivity contribution in [3.63, 3.8) is 0 Å². The predicted molar refractivity (Wildman–Crippen MR) is 285 cm³/mol. The quantitative estimate of drug-likeness (QED) is 0.167. The standard InChI is InChI=1S/C63H37N3OS/c1-2-14-38(15-3-1)42-22-12-24-49-47(42)23-13-25-54(49)61-64-62(55-35-34-43(46-18-6-7-19-48(46)55)41-30-33-53-52-21-9-11-27-58(52)68-59(53)37-41)66-63(65-61)60-44-17-5-4-16-39(44)28-31-45(60)40-29-32-51-50-20-8-10-26-56(50)67-57(51)36-40/h1-37H. The molecule has 0 fully saturated rings. The van der Waals surface area contributed by atoms with Crippen LogP contribution in [0.15, 0.2) is 229 Å². The molecule has 0 atom stereocenters. The minimum atomic E-state index is 0.598. The van der Waals surface area contributed by atoms with E-state index in [4.69, 9.17) is 19.4 Å². The molecule has 0 saturated carbocycles. The summed E-state index contributed by atoms with van der Waals surface area (Å²) in [5.74, 6) is 1.81. The van der Waals surface area contributed by atoms with Gasteiger partial charge in [0.15, 0.2) is 17.5 Å². The zero-order valence-electron chi connectivity index (χ0n) is 36.5. The number of thiophene rings is 1. The summed E-state index contributed by atoms with van der Waals surface area (Å²) >= 11 is 1.84. The van der Waals surface area contributed by atoms with Crippen molar-refractivity contribution in [2.24, 2.45) is 0 Å². The molecular weight excluding hydrogens is 847 g/mol. The molecule has 4 nitrogen and oxygen atoms in total. The fourth-order valence-electron chi connectivity index (χ4n) is 10.4. The van der Waals surface area contributed by atoms with Crippen LogP contribution in [0.5, 0.6) is 0 Å². The number of para-hydroxylation sites is 1. The van der Waals surface area contributed by atoms with E-state index in [2.05, 4.69) is 212 Å². The average Bonchev–Trinajstić information content (AvgIpc) is 3.97. The number of furan rings is 1. The zero-order valence-corrected chi connectivity index (χ0v) is 37.3. The van der Waals surface area contributed by atoms with Crippen molar-refractivity contribution >= 4 is 85.8 Å². The van der Waals surface area contributed by atoms with Crippen LogP contribution in [0.25, 0.3) is 142 Å². The van der Waals surface area contributed by atoms with Crippen molar-refractivity contribution in [2.75, 3.05) is 0 Å². The molecule has 0 N–H and O–H groups in total. The second-order valence-corrected chi connectivity index (χ2v) is 18.5. The highest BCUT2D eigenvalue weighted by molar-refractivity contribution is 7.25. The third kappa shape index (κ3) is 6.17. The Morgan fingerprint density at radius 1 is 0.279 bits per heavy atom. The molecule has 5 heteroatoms. The van der Waals surface area contributed by atoms with E-state index in [9.17, 15) is 0 Å². The smallest absolute Gasteiger partial charge is 0.165 e. The molecule has 0 saturated heterocycles. The zero-order chi connectivity index (χ0) is 44.7. The van der Waals surface area contributed by atoms with E-state index >= 15 is 0 Å². The number of benzene rings is 11. The first-order valence-corrected chi connectivity index (χ1v) is 23.7. The summed E-state index contributed by atoms with van der Waals surface area (Å²) in [6.07, 6.45) is 0. The predicted octanol–water partition coefficient (Wildman–Crippen LogP) is 17.6. The number of aromatic nitrogens is 3. The van der Waals surface area contributed by atoms with Crippen molar-refractivity contribution in [3.05, 3.63) is 224 Å². The van der Waals surface area contributed by atoms with Gasteiger partial charge >= 0.3 is 0 Å². The van der Waals surface area contributed by atoms with E-state index in [0.29, 0.717) is 17.5 Å². The van der Waals surface area contributed by atoms with Crippen LogP contribution in [0.1, 0.15) is 0 Å². The molecule has 14 aromatic rings. The molecule has 3 aromatic heterocycles. The Labute approximate surface area is 395 Å². The lowest BCUT2D eigenvalue weighted by atomic mass is 9.92. The number of nitrogens with zero attached hydrogens (tertiary/aromatic N) is 3. The van der Waals surface area contributed by atoms with Gasteiger partial charge in [-0.1, -0.05) is 188 Å². The van der Waals surface area contributed by atoms with Crippen LogP contribution in [0.3, 0.4) is 0 Å². The van der Waals surface area contributed by atoms with E-state index < -0.39 is 0 Å². The van der Waals surface area contributed by atoms with Crippen molar-refractivity contribution in [1.82, 2.24) is 15.0 Å². The molecule has 0 unspecified atom stereocenters. The normalized spacial score (nSPS) is 11.8. The lowest BCUT2D eigenvalue weighted by molar-refractivity contribution is 0.669. The average molecular weight is 884 g/mol. The highest BCUT2D eigenvalue weighted by atomic mass is 32.1. The SMILES string of the molecule is c1ccc(-c2cccc3c(-c4nc(-c5c(-c6ccc7c(c6)oc6ccccc67)ccc6ccccc56)nc(-c5ccc(-c6ccc7c(c6)sc6ccccc67)c6ccccc56)n4)cccc23)cc1. The van der Waals surface area contributed by atoms with Crippen LogP contribution >= 0.6 is 11.3 Å². The Hall–Kier alpha value is -8.77. The molecule has 3 heterocycles. The summed E-state index contributed by atoms with van der Waals surface area (Å²) in [6, 6.07) is 79.9. The first-order chi connectivity index (χ1) is 33.7. The fourth-order valence-corrected chi connectivity index (χ4v) is 11.5. The van der Waals surface area contributed by atoms with Gasteiger partial charge in [-0.25, -0.2) is 15.0 Å². The van der Waals surface area contributed by atoms with Crippen LogP contribution in [0.4, 0.5) is 0 Å². The maximum atomic E-state index is 6.46. The molecule has 0 aliphatic carbocycles. The maximum absolute atomic E-state index is 6.46. The summed E-state index contributed by atoms with van der Waals surface area (Å²) in [6.45, 7) is 0. The van der Waals surface area contributed by atoms with Gasteiger partial charge in [-0.2, -0.15) is 0 Å². The largest absolute Gasteiger partial charge is 0.456 e. The topological polar surface area (TPSA) is 51.8 Å². The Kier molecular flexibility index (Phi) is 8.73. The summed E-state index contributed by atoms with van der Waals surface area (Å²) in [7, 11) is 0. The first-order valence-electron chi connectivity index (χ1n) is 22.9. The van der Waals surface area contributed by atoms with Gasteiger partial charge in [-0.3, -0.25) is 0 Å². The van der Waals surface area contributed by atoms with E-state index in [1.54, 1.807) is 0 Å². The molecule has 0 bridgehead atoms. The Morgan fingerprint density at radius 2 is 0.794 bits per heavy atom. The van der Waals surface area contributed by atoms with Gasteiger partial charge in [0.25, 0.3) is 0 Å². The fraction of sp³-hybridized carbons (Fsp3) is 0. The molecule has 0 radical (unpaired) electrons. The summed E-state index contributed by atoms with van der Waals surface area (Å²) in [5.41, 5.74) is 11.2. The number of hydrogen-bond acceptors (Lipinski definition) is 5. The van der Waals surface area contributed by atoms with Gasteiger partial charge in [-0.05, 0) is 102 Å². The van der Waals surface area contributed by atoms with Crippen LogP contribution in [-0.4, -0.2) is 15.0 Å². The van der Waals surface area contributed by atoms with Gasteiger partial charge in [-0.15, -0.1) is 11.3 Å². The van der Waals surface area contributed by atoms with Crippen molar-refractivity contribution in [1.29, 1.82) is 0 Å². The second kappa shape index (κ2) is 15.4. The molecular formula is C63H37N3OS. The van der Waals surface area contributed by atoms with Crippen LogP contribution in [-0.2, 0) is 0 Å². The highest BCUT2D eigenvalue weighted by Gasteiger charge is 2.22. The number of rotatable bonds is 6. The molecule has 14 rings (SSSR count). The Bertz CT molecular complexity index is 4340. The van der Waals surface area contributed by atoms with Crippen LogP contribution in [0.2, 0.25) is 0 Å². The summed E-state index contributed by atoms with van der Waals surface area (Å²) < 4.78 is 9.04. The van der Waals surface area contributed by atoms with Crippen molar-refractivity contribution in [3.8, 4) is 67.5 Å². The highest BCUT2D eigenvalue weighted by Crippen LogP contribution is 2.44. The molecule has 68 heavy (non-hydrogen) atoms. The Morgan fingerprint density at radius 3 is 1.59 bits per heavy atom. The lowest BCUT2D eigenvalue weighted by Gasteiger charge is -2.17. The van der Waals surface area contributed by atoms with Crippen molar-refractivity contribution < 1.29 is 4.42 Å². The third-order valence-electron chi connectivity index (χ3n) is 13.6. The van der Waals surface area contributed by atoms with Crippen molar-refractivity contribution in [2.45, 2.75) is 0 Å². The van der Waals surface area contributed by atoms with Gasteiger partial charge in [0.05, 0.1) is 0 Å². The van der Waals surface area contributed by atoms with Gasteiger partial charge in [0.2, 0.25) is 0 Å². The molecule has 0 spiro atoms. The minimum absolute atomic E-state index is 0.598. The van der Waals surface area contributed by atoms with E-state index in [0.717, 1.165) is 98.8 Å². The molecule has 0 aliphatic heterocycles. The van der Waals surface area contributed by atoms with Gasteiger partial charge in [0, 0.05) is 47.6 Å². The van der Waals surface area contributed by atoms with E-state index in [1.165, 1.54) is 25.7 Å². The van der Waals surface area contributed by atoms with Crippen LogP contribution < -0.4 is 0 Å². The number of hydrogen-bond donors (Lipinski definition) is 0. The summed E-state index contributed by atoms with van der Waals surface area (Å²) in [5, 5.41) is 11.3. The van der Waals surface area contributed by atoms with Gasteiger partial charge in [0.1, 0.15) is 11.2 Å². The molecule has 316 valence electrons. The third-order valence-corrected chi connectivity index (χ3v) is 14.7. The monoisotopic (exact) mass is 883 g/mol. The van der Waals surface area contributed by atoms with Crippen LogP contribution in [0, 0.1) is 0 Å². The summed E-state index contributed by atoms with van der Waals surface area (Å²) in [4.78, 5) is 16.6. The molecule has 11 aromatic carbocycles. The second-order valence-electron chi connectivity index (χ2n) is 17.4. The Balaban J connectivity index is 1.02. The first kappa shape index (κ1) is 38.5. The van der Waals surface area contributed by atoms with E-state index in [1.807, 2.05) is 23.5 Å². The van der Waals surface area contributed by atoms with Gasteiger partial charge < -0.3 is 4.42 Å². The lowest BCUT2D eigenvalue weighted by Crippen LogP contribution is -2.02.